The van der Waals surface area contributed by atoms with Crippen LogP contribution >= 0.6 is 0 Å². The lowest BCUT2D eigenvalue weighted by molar-refractivity contribution is 0.415. The van der Waals surface area contributed by atoms with Crippen molar-refractivity contribution in [1.82, 2.24) is 4.98 Å². The summed E-state index contributed by atoms with van der Waals surface area (Å²) in [6.45, 7) is 3.89. The Balaban J connectivity index is 2.69. The third kappa shape index (κ3) is 0.961. The van der Waals surface area contributed by atoms with Gasteiger partial charge in [-0.1, -0.05) is 0 Å². The van der Waals surface area contributed by atoms with Gasteiger partial charge in [0, 0.05) is 23.2 Å². The van der Waals surface area contributed by atoms with E-state index in [1.807, 2.05) is 24.4 Å². The third-order valence-corrected chi connectivity index (χ3v) is 1.97. The fourth-order valence-electron chi connectivity index (χ4n) is 1.29. The highest BCUT2D eigenvalue weighted by molar-refractivity contribution is 5.84. The van der Waals surface area contributed by atoms with Crippen molar-refractivity contribution in [1.29, 1.82) is 0 Å². The predicted molar refractivity (Wildman–Crippen MR) is 49.3 cm³/mol. The molecule has 1 radical (unpaired) electrons. The van der Waals surface area contributed by atoms with Crippen LogP contribution < -0.4 is 4.74 Å². The van der Waals surface area contributed by atoms with Gasteiger partial charge in [0.2, 0.25) is 0 Å². The van der Waals surface area contributed by atoms with Crippen LogP contribution in [-0.2, 0) is 0 Å². The first-order chi connectivity index (χ1) is 5.81. The summed E-state index contributed by atoms with van der Waals surface area (Å²) in [6, 6.07) is 5.90. The second-order valence-corrected chi connectivity index (χ2v) is 2.73. The Morgan fingerprint density at radius 2 is 2.25 bits per heavy atom. The summed E-state index contributed by atoms with van der Waals surface area (Å²) in [5.41, 5.74) is 2.09. The Morgan fingerprint density at radius 1 is 1.42 bits per heavy atom. The second-order valence-electron chi connectivity index (χ2n) is 2.73. The zero-order valence-corrected chi connectivity index (χ0v) is 6.92. The van der Waals surface area contributed by atoms with Crippen LogP contribution in [0.15, 0.2) is 24.4 Å². The van der Waals surface area contributed by atoms with Crippen LogP contribution in [0, 0.1) is 6.92 Å². The molecule has 0 bridgehead atoms. The van der Waals surface area contributed by atoms with Crippen molar-refractivity contribution in [3.63, 3.8) is 0 Å². The molecule has 2 aromatic rings. The van der Waals surface area contributed by atoms with Crippen molar-refractivity contribution in [3.05, 3.63) is 36.9 Å². The zero-order chi connectivity index (χ0) is 8.55. The van der Waals surface area contributed by atoms with Gasteiger partial charge in [-0.2, -0.15) is 0 Å². The SMILES string of the molecule is [CH2]c1c[nH]c2cc(OC)ccc12. The van der Waals surface area contributed by atoms with Crippen molar-refractivity contribution in [2.45, 2.75) is 0 Å². The fraction of sp³-hybridized carbons (Fsp3) is 0.100. The van der Waals surface area contributed by atoms with Gasteiger partial charge in [0.05, 0.1) is 7.11 Å². The summed E-state index contributed by atoms with van der Waals surface area (Å²) >= 11 is 0. The van der Waals surface area contributed by atoms with Crippen LogP contribution in [0.5, 0.6) is 5.75 Å². The number of aromatic amines is 1. The maximum absolute atomic E-state index is 5.09. The summed E-state index contributed by atoms with van der Waals surface area (Å²) < 4.78 is 5.09. The normalized spacial score (nSPS) is 10.5. The number of rotatable bonds is 1. The monoisotopic (exact) mass is 160 g/mol. The molecule has 0 fully saturated rings. The average molecular weight is 160 g/mol. The van der Waals surface area contributed by atoms with E-state index >= 15 is 0 Å². The molecule has 12 heavy (non-hydrogen) atoms. The Bertz CT molecular complexity index is 403. The summed E-state index contributed by atoms with van der Waals surface area (Å²) in [7, 11) is 1.66. The molecule has 1 aromatic heterocycles. The lowest BCUT2D eigenvalue weighted by Gasteiger charge is -1.98. The molecule has 0 aliphatic heterocycles. The van der Waals surface area contributed by atoms with E-state index in [0.29, 0.717) is 0 Å². The molecule has 2 rings (SSSR count). The lowest BCUT2D eigenvalue weighted by atomic mass is 10.2. The number of nitrogens with one attached hydrogen (secondary N) is 1. The number of hydrogen-bond acceptors (Lipinski definition) is 1. The quantitative estimate of drug-likeness (QED) is 0.680. The summed E-state index contributed by atoms with van der Waals surface area (Å²) in [5, 5.41) is 1.15. The van der Waals surface area contributed by atoms with Crippen LogP contribution in [0.4, 0.5) is 0 Å². The fourth-order valence-corrected chi connectivity index (χ4v) is 1.29. The van der Waals surface area contributed by atoms with Gasteiger partial charge in [-0.25, -0.2) is 0 Å². The largest absolute Gasteiger partial charge is 0.497 e. The number of fused-ring (bicyclic) bond motifs is 1. The van der Waals surface area contributed by atoms with E-state index in [1.165, 1.54) is 0 Å². The highest BCUT2D eigenvalue weighted by atomic mass is 16.5. The summed E-state index contributed by atoms with van der Waals surface area (Å²) in [4.78, 5) is 3.12. The molecular weight excluding hydrogens is 150 g/mol. The third-order valence-electron chi connectivity index (χ3n) is 1.97. The smallest absolute Gasteiger partial charge is 0.120 e. The van der Waals surface area contributed by atoms with Crippen molar-refractivity contribution < 1.29 is 4.74 Å². The van der Waals surface area contributed by atoms with Crippen LogP contribution in [0.2, 0.25) is 0 Å². The van der Waals surface area contributed by atoms with E-state index in [2.05, 4.69) is 11.9 Å². The first-order valence-electron chi connectivity index (χ1n) is 3.78. The molecule has 2 heteroatoms. The van der Waals surface area contributed by atoms with Crippen LogP contribution in [-0.4, -0.2) is 12.1 Å². The minimum atomic E-state index is 0.865. The van der Waals surface area contributed by atoms with Crippen molar-refractivity contribution in [2.24, 2.45) is 0 Å². The van der Waals surface area contributed by atoms with Gasteiger partial charge in [-0.05, 0) is 24.6 Å². The van der Waals surface area contributed by atoms with Gasteiger partial charge in [0.15, 0.2) is 0 Å². The van der Waals surface area contributed by atoms with E-state index in [-0.39, 0.29) is 0 Å². The topological polar surface area (TPSA) is 25.0 Å². The molecule has 0 atom stereocenters. The minimum absolute atomic E-state index is 0.865. The number of benzene rings is 1. The van der Waals surface area contributed by atoms with Gasteiger partial charge in [-0.15, -0.1) is 0 Å². The number of methoxy groups -OCH3 is 1. The van der Waals surface area contributed by atoms with Crippen molar-refractivity contribution in [2.75, 3.05) is 7.11 Å². The van der Waals surface area contributed by atoms with Gasteiger partial charge >= 0.3 is 0 Å². The van der Waals surface area contributed by atoms with E-state index in [1.54, 1.807) is 7.11 Å². The Morgan fingerprint density at radius 3 is 3.00 bits per heavy atom. The van der Waals surface area contributed by atoms with Crippen molar-refractivity contribution in [3.8, 4) is 5.75 Å². The van der Waals surface area contributed by atoms with E-state index in [0.717, 1.165) is 22.2 Å². The predicted octanol–water partition coefficient (Wildman–Crippen LogP) is 2.36. The highest BCUT2D eigenvalue weighted by Gasteiger charge is 1.99. The molecule has 1 N–H and O–H groups in total. The average Bonchev–Trinajstić information content (AvgIpc) is 2.47. The number of hydrogen-bond donors (Lipinski definition) is 1. The number of aromatic nitrogens is 1. The molecule has 0 unspecified atom stereocenters. The Labute approximate surface area is 71.2 Å². The number of H-pyrrole nitrogens is 1. The van der Waals surface area contributed by atoms with Crippen LogP contribution in [0.3, 0.4) is 0 Å². The van der Waals surface area contributed by atoms with E-state index in [4.69, 9.17) is 4.74 Å². The van der Waals surface area contributed by atoms with Crippen molar-refractivity contribution >= 4 is 10.9 Å². The first kappa shape index (κ1) is 7.22. The Kier molecular flexibility index (Phi) is 1.54. The maximum atomic E-state index is 5.09. The molecule has 0 saturated heterocycles. The van der Waals surface area contributed by atoms with Gasteiger partial charge < -0.3 is 9.72 Å². The van der Waals surface area contributed by atoms with Gasteiger partial charge in [0.25, 0.3) is 0 Å². The molecule has 0 amide bonds. The molecule has 0 aliphatic rings. The molecule has 1 heterocycles. The first-order valence-corrected chi connectivity index (χ1v) is 3.78. The van der Waals surface area contributed by atoms with Gasteiger partial charge in [-0.3, -0.25) is 0 Å². The molecule has 0 aliphatic carbocycles. The van der Waals surface area contributed by atoms with Crippen LogP contribution in [0.25, 0.3) is 10.9 Å². The van der Waals surface area contributed by atoms with Gasteiger partial charge in [0.1, 0.15) is 5.75 Å². The standard InChI is InChI=1S/C10H10NO/c1-7-6-11-10-5-8(12-2)3-4-9(7)10/h3-6,11H,1H2,2H3. The molecule has 2 nitrogen and oxygen atoms in total. The molecule has 1 aromatic carbocycles. The lowest BCUT2D eigenvalue weighted by Crippen LogP contribution is -1.81. The summed E-state index contributed by atoms with van der Waals surface area (Å²) in [6.07, 6.45) is 1.89. The second kappa shape index (κ2) is 2.55. The maximum Gasteiger partial charge on any atom is 0.120 e. The summed E-state index contributed by atoms with van der Waals surface area (Å²) in [5.74, 6) is 0.865. The molecular formula is C10H10NO. The number of ether oxygens (including phenoxy) is 1. The van der Waals surface area contributed by atoms with Crippen LogP contribution in [0.1, 0.15) is 5.56 Å². The molecule has 61 valence electrons. The zero-order valence-electron chi connectivity index (χ0n) is 6.92. The van der Waals surface area contributed by atoms with E-state index < -0.39 is 0 Å². The minimum Gasteiger partial charge on any atom is -0.497 e. The highest BCUT2D eigenvalue weighted by Crippen LogP contribution is 2.21. The Hall–Kier alpha value is -1.44. The molecule has 0 saturated carbocycles. The molecule has 0 spiro atoms. The van der Waals surface area contributed by atoms with E-state index in [9.17, 15) is 0 Å².